The molecule has 2 atom stereocenters. The number of hydrogen-bond acceptors (Lipinski definition) is 6. The second-order valence-corrected chi connectivity index (χ2v) is 6.18. The van der Waals surface area contributed by atoms with Crippen molar-refractivity contribution in [2.75, 3.05) is 34.9 Å². The number of carbonyl (C=O) groups is 1. The van der Waals surface area contributed by atoms with E-state index in [4.69, 9.17) is 23.7 Å². The molecule has 6 nitrogen and oxygen atoms in total. The Morgan fingerprint density at radius 3 is 2.44 bits per heavy atom. The lowest BCUT2D eigenvalue weighted by molar-refractivity contribution is -0.146. The molecule has 25 heavy (non-hydrogen) atoms. The van der Waals surface area contributed by atoms with Gasteiger partial charge in [0, 0.05) is 25.7 Å². The van der Waals surface area contributed by atoms with Gasteiger partial charge in [0.05, 0.1) is 13.0 Å². The molecule has 0 saturated heterocycles. The Morgan fingerprint density at radius 1 is 1.00 bits per heavy atom. The second kappa shape index (κ2) is 10.3. The summed E-state index contributed by atoms with van der Waals surface area (Å²) in [5.74, 6) is 1.11. The van der Waals surface area contributed by atoms with Gasteiger partial charge < -0.3 is 23.7 Å². The quantitative estimate of drug-likeness (QED) is 0.405. The molecule has 0 aromatic heterocycles. The standard InChI is InChI=1S/C19H28O6/c1-21-12-24-14-9-10-18(25-13-22-2)17(11-14)15-7-5-4-6-8-16(15)19(20)23-3/h9-11,15-16H,4-8,12-13H2,1-3H3/t15?,16-/m0/s1. The molecule has 1 unspecified atom stereocenters. The van der Waals surface area contributed by atoms with E-state index in [2.05, 4.69) is 0 Å². The lowest BCUT2D eigenvalue weighted by atomic mass is 9.82. The van der Waals surface area contributed by atoms with Crippen molar-refractivity contribution in [2.45, 2.75) is 38.0 Å². The molecule has 0 N–H and O–H groups in total. The lowest BCUT2D eigenvalue weighted by Gasteiger charge is -2.26. The van der Waals surface area contributed by atoms with Crippen LogP contribution in [0, 0.1) is 5.92 Å². The molecule has 140 valence electrons. The number of carbonyl (C=O) groups excluding carboxylic acids is 1. The Hall–Kier alpha value is -1.79. The number of esters is 1. The minimum absolute atomic E-state index is 0.0351. The van der Waals surface area contributed by atoms with Gasteiger partial charge in [-0.3, -0.25) is 4.79 Å². The molecule has 0 spiro atoms. The number of ether oxygens (including phenoxy) is 5. The predicted octanol–water partition coefficient (Wildman–Crippen LogP) is 3.49. The Bertz CT molecular complexity index is 545. The Balaban J connectivity index is 2.36. The maximum atomic E-state index is 12.3. The molecule has 0 heterocycles. The molecule has 1 aliphatic rings. The van der Waals surface area contributed by atoms with Crippen LogP contribution < -0.4 is 9.47 Å². The molecule has 6 heteroatoms. The van der Waals surface area contributed by atoms with Crippen LogP contribution in [-0.2, 0) is 19.0 Å². The normalized spacial score (nSPS) is 20.6. The highest BCUT2D eigenvalue weighted by atomic mass is 16.7. The third-order valence-corrected chi connectivity index (χ3v) is 4.58. The second-order valence-electron chi connectivity index (χ2n) is 6.18. The highest BCUT2D eigenvalue weighted by molar-refractivity contribution is 5.74. The van der Waals surface area contributed by atoms with Crippen molar-refractivity contribution in [3.63, 3.8) is 0 Å². The van der Waals surface area contributed by atoms with E-state index in [0.29, 0.717) is 11.5 Å². The van der Waals surface area contributed by atoms with Crippen LogP contribution in [0.5, 0.6) is 11.5 Å². The third-order valence-electron chi connectivity index (χ3n) is 4.58. The van der Waals surface area contributed by atoms with Crippen LogP contribution in [0.1, 0.15) is 43.6 Å². The van der Waals surface area contributed by atoms with E-state index in [0.717, 1.165) is 37.7 Å². The highest BCUT2D eigenvalue weighted by Crippen LogP contribution is 2.42. The summed E-state index contributed by atoms with van der Waals surface area (Å²) < 4.78 is 26.4. The fourth-order valence-electron chi connectivity index (χ4n) is 3.40. The van der Waals surface area contributed by atoms with Gasteiger partial charge in [-0.25, -0.2) is 0 Å². The average molecular weight is 352 g/mol. The fourth-order valence-corrected chi connectivity index (χ4v) is 3.40. The Labute approximate surface area is 149 Å². The van der Waals surface area contributed by atoms with Crippen LogP contribution in [0.3, 0.4) is 0 Å². The van der Waals surface area contributed by atoms with Crippen LogP contribution in [0.2, 0.25) is 0 Å². The summed E-state index contributed by atoms with van der Waals surface area (Å²) in [6, 6.07) is 5.63. The van der Waals surface area contributed by atoms with Gasteiger partial charge in [0.2, 0.25) is 0 Å². The third kappa shape index (κ3) is 5.34. The zero-order valence-corrected chi connectivity index (χ0v) is 15.3. The SMILES string of the molecule is COCOc1ccc(OCOC)c(C2CCCCC[C@@H]2C(=O)OC)c1. The van der Waals surface area contributed by atoms with Crippen LogP contribution in [-0.4, -0.2) is 40.9 Å². The van der Waals surface area contributed by atoms with Gasteiger partial charge in [-0.2, -0.15) is 0 Å². The molecule has 1 aromatic rings. The van der Waals surface area contributed by atoms with Gasteiger partial charge >= 0.3 is 5.97 Å². The minimum Gasteiger partial charge on any atom is -0.469 e. The highest BCUT2D eigenvalue weighted by Gasteiger charge is 2.33. The van der Waals surface area contributed by atoms with Crippen molar-refractivity contribution in [3.8, 4) is 11.5 Å². The number of rotatable bonds is 8. The first-order valence-electron chi connectivity index (χ1n) is 8.66. The summed E-state index contributed by atoms with van der Waals surface area (Å²) in [5.41, 5.74) is 0.961. The van der Waals surface area contributed by atoms with Crippen LogP contribution >= 0.6 is 0 Å². The number of methoxy groups -OCH3 is 3. The van der Waals surface area contributed by atoms with Crippen LogP contribution in [0.25, 0.3) is 0 Å². The largest absolute Gasteiger partial charge is 0.469 e. The van der Waals surface area contributed by atoms with E-state index in [1.54, 1.807) is 14.2 Å². The van der Waals surface area contributed by atoms with Crippen molar-refractivity contribution < 1.29 is 28.5 Å². The van der Waals surface area contributed by atoms with Crippen molar-refractivity contribution >= 4 is 5.97 Å². The van der Waals surface area contributed by atoms with Gasteiger partial charge in [0.25, 0.3) is 0 Å². The first-order chi connectivity index (χ1) is 12.2. The monoisotopic (exact) mass is 352 g/mol. The van der Waals surface area contributed by atoms with Crippen LogP contribution in [0.4, 0.5) is 0 Å². The van der Waals surface area contributed by atoms with E-state index in [-0.39, 0.29) is 31.4 Å². The Morgan fingerprint density at radius 2 is 1.72 bits per heavy atom. The number of benzene rings is 1. The summed E-state index contributed by atoms with van der Waals surface area (Å²) in [7, 11) is 4.61. The summed E-state index contributed by atoms with van der Waals surface area (Å²) in [5, 5.41) is 0. The smallest absolute Gasteiger partial charge is 0.309 e. The van der Waals surface area contributed by atoms with Crippen molar-refractivity contribution in [1.82, 2.24) is 0 Å². The Kier molecular flexibility index (Phi) is 8.01. The van der Waals surface area contributed by atoms with Gasteiger partial charge in [0.15, 0.2) is 13.6 Å². The van der Waals surface area contributed by atoms with Gasteiger partial charge in [-0.1, -0.05) is 19.3 Å². The number of hydrogen-bond donors (Lipinski definition) is 0. The zero-order chi connectivity index (χ0) is 18.1. The average Bonchev–Trinajstić information content (AvgIpc) is 2.90. The molecule has 1 aromatic carbocycles. The topological polar surface area (TPSA) is 63.2 Å². The molecule has 1 saturated carbocycles. The molecular formula is C19H28O6. The lowest BCUT2D eigenvalue weighted by Crippen LogP contribution is -2.23. The molecule has 2 rings (SSSR count). The molecule has 0 amide bonds. The molecule has 1 aliphatic carbocycles. The molecule has 0 radical (unpaired) electrons. The van der Waals surface area contributed by atoms with Crippen molar-refractivity contribution in [1.29, 1.82) is 0 Å². The first kappa shape index (κ1) is 19.5. The minimum atomic E-state index is -0.171. The zero-order valence-electron chi connectivity index (χ0n) is 15.3. The molecular weight excluding hydrogens is 324 g/mol. The van der Waals surface area contributed by atoms with Gasteiger partial charge in [0.1, 0.15) is 11.5 Å². The predicted molar refractivity (Wildman–Crippen MR) is 92.8 cm³/mol. The van der Waals surface area contributed by atoms with E-state index >= 15 is 0 Å². The molecule has 0 aliphatic heterocycles. The van der Waals surface area contributed by atoms with Gasteiger partial charge in [-0.15, -0.1) is 0 Å². The van der Waals surface area contributed by atoms with E-state index in [1.165, 1.54) is 7.11 Å². The van der Waals surface area contributed by atoms with Crippen molar-refractivity contribution in [3.05, 3.63) is 23.8 Å². The summed E-state index contributed by atoms with van der Waals surface area (Å²) in [4.78, 5) is 12.3. The van der Waals surface area contributed by atoms with Crippen molar-refractivity contribution in [2.24, 2.45) is 5.92 Å². The summed E-state index contributed by atoms with van der Waals surface area (Å²) in [6.45, 7) is 0.323. The van der Waals surface area contributed by atoms with E-state index in [1.807, 2.05) is 18.2 Å². The first-order valence-corrected chi connectivity index (χ1v) is 8.66. The maximum Gasteiger partial charge on any atom is 0.309 e. The van der Waals surface area contributed by atoms with E-state index in [9.17, 15) is 4.79 Å². The molecule has 1 fully saturated rings. The fraction of sp³-hybridized carbons (Fsp3) is 0.632. The van der Waals surface area contributed by atoms with Gasteiger partial charge in [-0.05, 0) is 31.0 Å². The summed E-state index contributed by atoms with van der Waals surface area (Å²) >= 11 is 0. The van der Waals surface area contributed by atoms with Crippen LogP contribution in [0.15, 0.2) is 18.2 Å². The maximum absolute atomic E-state index is 12.3. The van der Waals surface area contributed by atoms with E-state index < -0.39 is 0 Å². The molecule has 0 bridgehead atoms. The summed E-state index contributed by atoms with van der Waals surface area (Å²) in [6.07, 6.45) is 4.97.